The molecule has 0 aliphatic heterocycles. The van der Waals surface area contributed by atoms with Gasteiger partial charge >= 0.3 is 0 Å². The van der Waals surface area contributed by atoms with Crippen molar-refractivity contribution >= 4 is 17.1 Å². The molecule has 2 rings (SSSR count). The Labute approximate surface area is 139 Å². The summed E-state index contributed by atoms with van der Waals surface area (Å²) >= 11 is 0. The number of hydrogen-bond donors (Lipinski definition) is 2. The van der Waals surface area contributed by atoms with Crippen molar-refractivity contribution in [2.75, 3.05) is 22.5 Å². The molecule has 23 heavy (non-hydrogen) atoms. The van der Waals surface area contributed by atoms with Crippen LogP contribution in [0.5, 0.6) is 0 Å². The molecule has 0 bridgehead atoms. The molecular weight excluding hydrogens is 282 g/mol. The van der Waals surface area contributed by atoms with Crippen LogP contribution in [0.1, 0.15) is 31.4 Å². The van der Waals surface area contributed by atoms with Crippen molar-refractivity contribution in [3.8, 4) is 0 Å². The molecule has 0 heterocycles. The van der Waals surface area contributed by atoms with Gasteiger partial charge in [-0.1, -0.05) is 50.8 Å². The Kier molecular flexibility index (Phi) is 6.10. The lowest BCUT2D eigenvalue weighted by molar-refractivity contribution is 0.762. The highest BCUT2D eigenvalue weighted by Crippen LogP contribution is 2.32. The van der Waals surface area contributed by atoms with Crippen LogP contribution < -0.4 is 16.0 Å². The summed E-state index contributed by atoms with van der Waals surface area (Å²) in [7, 11) is 0. The average molecular weight is 309 g/mol. The molecular formula is C20H27N3. The number of anilines is 3. The molecule has 0 aliphatic carbocycles. The summed E-state index contributed by atoms with van der Waals surface area (Å²) < 4.78 is 0. The van der Waals surface area contributed by atoms with E-state index in [0.717, 1.165) is 37.3 Å². The van der Waals surface area contributed by atoms with Gasteiger partial charge in [-0.05, 0) is 42.3 Å². The number of nitrogens with one attached hydrogen (secondary N) is 1. The molecule has 0 unspecified atom stereocenters. The van der Waals surface area contributed by atoms with E-state index in [1.807, 2.05) is 0 Å². The summed E-state index contributed by atoms with van der Waals surface area (Å²) in [6.45, 7) is 10.0. The van der Waals surface area contributed by atoms with Crippen molar-refractivity contribution in [2.24, 2.45) is 0 Å². The van der Waals surface area contributed by atoms with Gasteiger partial charge in [-0.3, -0.25) is 0 Å². The standard InChI is InChI=1S/C20H27N3/c1-4-12-23(15-16-10-8-7-9-11-16)20-14-19(22-6-3)18(21)13-17(20)5-2/h6-11,13-14,22H,3-5,12,15,21H2,1-2H3. The molecule has 0 spiro atoms. The van der Waals surface area contributed by atoms with Gasteiger partial charge in [-0.15, -0.1) is 0 Å². The summed E-state index contributed by atoms with van der Waals surface area (Å²) in [5.41, 5.74) is 11.7. The van der Waals surface area contributed by atoms with Crippen molar-refractivity contribution in [1.29, 1.82) is 0 Å². The first-order valence-electron chi connectivity index (χ1n) is 8.28. The van der Waals surface area contributed by atoms with Crippen molar-refractivity contribution < 1.29 is 0 Å². The van der Waals surface area contributed by atoms with Gasteiger partial charge in [-0.25, -0.2) is 0 Å². The summed E-state index contributed by atoms with van der Waals surface area (Å²) in [5, 5.41) is 3.14. The minimum absolute atomic E-state index is 0.765. The van der Waals surface area contributed by atoms with E-state index in [4.69, 9.17) is 5.73 Å². The van der Waals surface area contributed by atoms with Gasteiger partial charge in [0.05, 0.1) is 11.4 Å². The number of aryl methyl sites for hydroxylation is 1. The highest BCUT2D eigenvalue weighted by molar-refractivity contribution is 5.76. The summed E-state index contributed by atoms with van der Waals surface area (Å²) in [4.78, 5) is 2.43. The van der Waals surface area contributed by atoms with Crippen molar-refractivity contribution in [3.63, 3.8) is 0 Å². The van der Waals surface area contributed by atoms with Crippen molar-refractivity contribution in [2.45, 2.75) is 33.2 Å². The van der Waals surface area contributed by atoms with Gasteiger partial charge in [0.1, 0.15) is 0 Å². The van der Waals surface area contributed by atoms with E-state index in [0.29, 0.717) is 0 Å². The summed E-state index contributed by atoms with van der Waals surface area (Å²) in [6, 6.07) is 14.8. The monoisotopic (exact) mass is 309 g/mol. The fraction of sp³-hybridized carbons (Fsp3) is 0.300. The van der Waals surface area contributed by atoms with Crippen molar-refractivity contribution in [1.82, 2.24) is 0 Å². The van der Waals surface area contributed by atoms with Gasteiger partial charge in [0.15, 0.2) is 0 Å². The Morgan fingerprint density at radius 1 is 1.17 bits per heavy atom. The molecule has 0 amide bonds. The first kappa shape index (κ1) is 16.9. The van der Waals surface area contributed by atoms with E-state index in [2.05, 4.69) is 73.1 Å². The van der Waals surface area contributed by atoms with Crippen LogP contribution in [0, 0.1) is 0 Å². The van der Waals surface area contributed by atoms with E-state index in [-0.39, 0.29) is 0 Å². The van der Waals surface area contributed by atoms with E-state index in [1.54, 1.807) is 6.20 Å². The quantitative estimate of drug-likeness (QED) is 0.688. The first-order valence-corrected chi connectivity index (χ1v) is 8.28. The minimum Gasteiger partial charge on any atom is -0.397 e. The third-order valence-corrected chi connectivity index (χ3v) is 3.94. The molecule has 2 aromatic carbocycles. The van der Waals surface area contributed by atoms with Crippen LogP contribution in [-0.4, -0.2) is 6.54 Å². The predicted molar refractivity (Wildman–Crippen MR) is 102 cm³/mol. The smallest absolute Gasteiger partial charge is 0.0634 e. The maximum atomic E-state index is 6.15. The van der Waals surface area contributed by atoms with Gasteiger partial charge in [0, 0.05) is 18.8 Å². The SMILES string of the molecule is C=CNc1cc(N(CCC)Cc2ccccc2)c(CC)cc1N. The number of benzene rings is 2. The third kappa shape index (κ3) is 4.28. The fourth-order valence-corrected chi connectivity index (χ4v) is 2.82. The molecule has 0 saturated carbocycles. The number of hydrogen-bond acceptors (Lipinski definition) is 3. The fourth-order valence-electron chi connectivity index (χ4n) is 2.82. The predicted octanol–water partition coefficient (Wildman–Crippen LogP) is 4.80. The van der Waals surface area contributed by atoms with Gasteiger partial charge in [0.2, 0.25) is 0 Å². The average Bonchev–Trinajstić information content (AvgIpc) is 2.57. The normalized spacial score (nSPS) is 10.3. The Balaban J connectivity index is 2.40. The topological polar surface area (TPSA) is 41.3 Å². The lowest BCUT2D eigenvalue weighted by Gasteiger charge is -2.28. The number of rotatable bonds is 8. The number of nitrogens with two attached hydrogens (primary N) is 1. The molecule has 0 saturated heterocycles. The maximum absolute atomic E-state index is 6.15. The lowest BCUT2D eigenvalue weighted by atomic mass is 10.1. The largest absolute Gasteiger partial charge is 0.397 e. The maximum Gasteiger partial charge on any atom is 0.0634 e. The Bertz CT molecular complexity index is 635. The van der Waals surface area contributed by atoms with Crippen LogP contribution in [0.15, 0.2) is 55.2 Å². The molecule has 122 valence electrons. The van der Waals surface area contributed by atoms with E-state index >= 15 is 0 Å². The van der Waals surface area contributed by atoms with E-state index in [9.17, 15) is 0 Å². The molecule has 0 fully saturated rings. The van der Waals surface area contributed by atoms with Gasteiger partial charge in [-0.2, -0.15) is 0 Å². The van der Waals surface area contributed by atoms with Crippen LogP contribution >= 0.6 is 0 Å². The van der Waals surface area contributed by atoms with E-state index in [1.165, 1.54) is 16.8 Å². The second-order valence-corrected chi connectivity index (χ2v) is 5.68. The summed E-state index contributed by atoms with van der Waals surface area (Å²) in [6.07, 6.45) is 3.73. The van der Waals surface area contributed by atoms with Crippen LogP contribution in [0.4, 0.5) is 17.1 Å². The molecule has 3 N–H and O–H groups in total. The second-order valence-electron chi connectivity index (χ2n) is 5.68. The third-order valence-electron chi connectivity index (χ3n) is 3.94. The molecule has 2 aromatic rings. The van der Waals surface area contributed by atoms with Crippen LogP contribution in [0.25, 0.3) is 0 Å². The molecule has 0 radical (unpaired) electrons. The minimum atomic E-state index is 0.765. The zero-order chi connectivity index (χ0) is 16.7. The van der Waals surface area contributed by atoms with Gasteiger partial charge < -0.3 is 16.0 Å². The van der Waals surface area contributed by atoms with Crippen LogP contribution in [0.2, 0.25) is 0 Å². The highest BCUT2D eigenvalue weighted by atomic mass is 15.1. The summed E-state index contributed by atoms with van der Waals surface area (Å²) in [5.74, 6) is 0. The number of nitrogens with zero attached hydrogens (tertiary/aromatic N) is 1. The second kappa shape index (κ2) is 8.28. The van der Waals surface area contributed by atoms with Crippen LogP contribution in [-0.2, 0) is 13.0 Å². The van der Waals surface area contributed by atoms with Gasteiger partial charge in [0.25, 0.3) is 0 Å². The first-order chi connectivity index (χ1) is 11.2. The Morgan fingerprint density at radius 3 is 2.52 bits per heavy atom. The molecule has 0 aliphatic rings. The molecule has 0 aromatic heterocycles. The highest BCUT2D eigenvalue weighted by Gasteiger charge is 2.13. The lowest BCUT2D eigenvalue weighted by Crippen LogP contribution is -2.25. The van der Waals surface area contributed by atoms with Crippen LogP contribution in [0.3, 0.4) is 0 Å². The zero-order valence-corrected chi connectivity index (χ0v) is 14.2. The Hall–Kier alpha value is -2.42. The number of nitrogen functional groups attached to an aromatic ring is 1. The van der Waals surface area contributed by atoms with E-state index < -0.39 is 0 Å². The van der Waals surface area contributed by atoms with Crippen molar-refractivity contribution in [3.05, 3.63) is 66.4 Å². The Morgan fingerprint density at radius 2 is 1.91 bits per heavy atom. The zero-order valence-electron chi connectivity index (χ0n) is 14.2. The molecule has 3 nitrogen and oxygen atoms in total. The molecule has 0 atom stereocenters. The molecule has 3 heteroatoms.